The number of para-hydroxylation sites is 5. The summed E-state index contributed by atoms with van der Waals surface area (Å²) in [5.41, 5.74) is 23.6. The Morgan fingerprint density at radius 3 is 0.828 bits per heavy atom. The van der Waals surface area contributed by atoms with E-state index in [1.165, 1.54) is 107 Å². The summed E-state index contributed by atoms with van der Waals surface area (Å²) in [5, 5.41) is 0. The summed E-state index contributed by atoms with van der Waals surface area (Å²) in [6.07, 6.45) is 0. The highest BCUT2D eigenvalue weighted by atomic mass is 15.2. The van der Waals surface area contributed by atoms with Crippen molar-refractivity contribution in [3.05, 3.63) is 195 Å². The molecule has 0 N–H and O–H groups in total. The third-order valence-corrected chi connectivity index (χ3v) is 14.0. The van der Waals surface area contributed by atoms with Gasteiger partial charge in [-0.05, 0) is 114 Å². The van der Waals surface area contributed by atoms with Gasteiger partial charge in [-0.3, -0.25) is 0 Å². The van der Waals surface area contributed by atoms with Crippen molar-refractivity contribution in [1.82, 2.24) is 0 Å². The van der Waals surface area contributed by atoms with Gasteiger partial charge in [0.15, 0.2) is 0 Å². The van der Waals surface area contributed by atoms with Crippen molar-refractivity contribution >= 4 is 51.2 Å². The Kier molecular flexibility index (Phi) is 7.80. The summed E-state index contributed by atoms with van der Waals surface area (Å²) >= 11 is 0. The first-order valence-electron chi connectivity index (χ1n) is 20.9. The van der Waals surface area contributed by atoms with Crippen molar-refractivity contribution in [3.8, 4) is 0 Å². The number of fused-ring (bicyclic) bond motifs is 6. The van der Waals surface area contributed by atoms with E-state index in [4.69, 9.17) is 0 Å². The van der Waals surface area contributed by atoms with Crippen LogP contribution in [0, 0.1) is 27.7 Å². The van der Waals surface area contributed by atoms with Gasteiger partial charge in [0.1, 0.15) is 0 Å². The number of nitrogens with zero attached hydrogens (tertiary/aromatic N) is 3. The highest BCUT2D eigenvalue weighted by Gasteiger charge is 2.43. The molecule has 3 aliphatic heterocycles. The fourth-order valence-corrected chi connectivity index (χ4v) is 11.1. The third kappa shape index (κ3) is 4.80. The van der Waals surface area contributed by atoms with E-state index < -0.39 is 0 Å². The van der Waals surface area contributed by atoms with Crippen molar-refractivity contribution in [2.75, 3.05) is 14.7 Å². The van der Waals surface area contributed by atoms with Crippen molar-refractivity contribution in [2.24, 2.45) is 0 Å². The second-order valence-electron chi connectivity index (χ2n) is 18.4. The first-order valence-corrected chi connectivity index (χ1v) is 20.9. The summed E-state index contributed by atoms with van der Waals surface area (Å²) in [5.74, 6) is 0. The van der Waals surface area contributed by atoms with Gasteiger partial charge in [-0.15, -0.1) is 0 Å². The van der Waals surface area contributed by atoms with E-state index in [1.54, 1.807) is 0 Å². The molecular formula is C55H53N3. The lowest BCUT2D eigenvalue weighted by atomic mass is 9.72. The zero-order valence-corrected chi connectivity index (χ0v) is 35.6. The molecule has 7 aromatic rings. The minimum absolute atomic E-state index is 0.174. The highest BCUT2D eigenvalue weighted by molar-refractivity contribution is 6.01. The maximum atomic E-state index is 2.60. The molecule has 3 aliphatic rings. The number of aryl methyl sites for hydroxylation is 1. The van der Waals surface area contributed by atoms with Crippen LogP contribution in [0.2, 0.25) is 0 Å². The lowest BCUT2D eigenvalue weighted by Gasteiger charge is -2.47. The van der Waals surface area contributed by atoms with E-state index >= 15 is 0 Å². The topological polar surface area (TPSA) is 9.72 Å². The molecule has 0 radical (unpaired) electrons. The predicted octanol–water partition coefficient (Wildman–Crippen LogP) is 15.2. The normalized spacial score (nSPS) is 16.4. The Hall–Kier alpha value is -6.06. The minimum Gasteiger partial charge on any atom is -0.309 e. The summed E-state index contributed by atoms with van der Waals surface area (Å²) in [6.45, 7) is 23.6. The standard InChI is InChI=1S/C55H53N3/c1-34-31-32-49-43(33-34)55(9,10)42-25-15-20-30-48(42)58(49)52-36(3)50(56-44-26-16-11-21-38(44)53(5,6)39-22-12-17-27-45(39)56)35(2)51(37(52)4)57-46-28-18-13-23-40(46)54(7,8)41-24-14-19-29-47(41)57/h11-33H,1-10H3. The largest absolute Gasteiger partial charge is 0.309 e. The maximum absolute atomic E-state index is 2.60. The number of benzene rings is 7. The van der Waals surface area contributed by atoms with Crippen molar-refractivity contribution in [3.63, 3.8) is 0 Å². The molecule has 0 saturated heterocycles. The monoisotopic (exact) mass is 755 g/mol. The van der Waals surface area contributed by atoms with Crippen LogP contribution >= 0.6 is 0 Å². The Bertz CT molecular complexity index is 2600. The van der Waals surface area contributed by atoms with Gasteiger partial charge in [-0.1, -0.05) is 150 Å². The number of rotatable bonds is 3. The Balaban J connectivity index is 1.38. The van der Waals surface area contributed by atoms with E-state index in [0.717, 1.165) is 0 Å². The van der Waals surface area contributed by atoms with Gasteiger partial charge in [0.2, 0.25) is 0 Å². The molecular weight excluding hydrogens is 703 g/mol. The van der Waals surface area contributed by atoms with Crippen LogP contribution in [0.4, 0.5) is 51.2 Å². The molecule has 0 fully saturated rings. The lowest BCUT2D eigenvalue weighted by molar-refractivity contribution is 0.630. The van der Waals surface area contributed by atoms with E-state index in [2.05, 4.69) is 223 Å². The van der Waals surface area contributed by atoms with Gasteiger partial charge in [-0.25, -0.2) is 0 Å². The molecule has 3 nitrogen and oxygen atoms in total. The molecule has 0 unspecified atom stereocenters. The number of hydrogen-bond acceptors (Lipinski definition) is 3. The second-order valence-corrected chi connectivity index (χ2v) is 18.4. The number of hydrogen-bond donors (Lipinski definition) is 0. The van der Waals surface area contributed by atoms with Crippen molar-refractivity contribution < 1.29 is 0 Å². The van der Waals surface area contributed by atoms with E-state index in [1.807, 2.05) is 0 Å². The van der Waals surface area contributed by atoms with Gasteiger partial charge in [0, 0.05) is 16.2 Å². The van der Waals surface area contributed by atoms with Gasteiger partial charge < -0.3 is 14.7 Å². The van der Waals surface area contributed by atoms with Crippen LogP contribution in [0.3, 0.4) is 0 Å². The average Bonchev–Trinajstić information content (AvgIpc) is 3.22. The fourth-order valence-electron chi connectivity index (χ4n) is 11.1. The van der Waals surface area contributed by atoms with E-state index in [0.29, 0.717) is 0 Å². The first kappa shape index (κ1) is 36.3. The van der Waals surface area contributed by atoms with Gasteiger partial charge in [-0.2, -0.15) is 0 Å². The highest BCUT2D eigenvalue weighted by Crippen LogP contribution is 2.61. The predicted molar refractivity (Wildman–Crippen MR) is 246 cm³/mol. The van der Waals surface area contributed by atoms with Crippen LogP contribution in [-0.2, 0) is 16.2 Å². The molecule has 3 heterocycles. The molecule has 288 valence electrons. The molecule has 0 atom stereocenters. The summed E-state index contributed by atoms with van der Waals surface area (Å²) in [6, 6.07) is 52.4. The molecule has 10 rings (SSSR count). The van der Waals surface area contributed by atoms with Crippen LogP contribution < -0.4 is 14.7 Å². The molecule has 0 spiro atoms. The third-order valence-electron chi connectivity index (χ3n) is 14.0. The van der Waals surface area contributed by atoms with Crippen LogP contribution in [0.15, 0.2) is 140 Å². The SMILES string of the molecule is Cc1ccc2c(c1)C(C)(C)c1ccccc1N2c1c(C)c(N2c3ccccc3C(C)(C)c3ccccc32)c(C)c(N2c3ccccc3C(C)(C)c3ccccc32)c1C. The molecule has 0 amide bonds. The Morgan fingerprint density at radius 2 is 0.534 bits per heavy atom. The Morgan fingerprint density at radius 1 is 0.293 bits per heavy atom. The summed E-state index contributed by atoms with van der Waals surface area (Å²) in [7, 11) is 0. The molecule has 0 bridgehead atoms. The average molecular weight is 756 g/mol. The van der Waals surface area contributed by atoms with Crippen LogP contribution in [0.1, 0.15) is 97.2 Å². The van der Waals surface area contributed by atoms with Gasteiger partial charge in [0.25, 0.3) is 0 Å². The van der Waals surface area contributed by atoms with Crippen LogP contribution in [0.5, 0.6) is 0 Å². The summed E-state index contributed by atoms with van der Waals surface area (Å²) < 4.78 is 0. The zero-order chi connectivity index (χ0) is 40.5. The van der Waals surface area contributed by atoms with Crippen LogP contribution in [-0.4, -0.2) is 0 Å². The van der Waals surface area contributed by atoms with Gasteiger partial charge >= 0.3 is 0 Å². The Labute approximate surface area is 345 Å². The molecule has 0 saturated carbocycles. The smallest absolute Gasteiger partial charge is 0.0562 e. The van der Waals surface area contributed by atoms with Crippen molar-refractivity contribution in [2.45, 2.75) is 85.5 Å². The number of anilines is 9. The molecule has 7 aromatic carbocycles. The molecule has 3 heteroatoms. The summed E-state index contributed by atoms with van der Waals surface area (Å²) in [4.78, 5) is 7.78. The van der Waals surface area contributed by atoms with Crippen LogP contribution in [0.25, 0.3) is 0 Å². The zero-order valence-electron chi connectivity index (χ0n) is 35.6. The lowest BCUT2D eigenvalue weighted by Crippen LogP contribution is -2.34. The van der Waals surface area contributed by atoms with E-state index in [9.17, 15) is 0 Å². The molecule has 0 aromatic heterocycles. The maximum Gasteiger partial charge on any atom is 0.0562 e. The van der Waals surface area contributed by atoms with E-state index in [-0.39, 0.29) is 16.2 Å². The molecule has 58 heavy (non-hydrogen) atoms. The van der Waals surface area contributed by atoms with Crippen molar-refractivity contribution in [1.29, 1.82) is 0 Å². The van der Waals surface area contributed by atoms with Gasteiger partial charge in [0.05, 0.1) is 51.2 Å². The quantitative estimate of drug-likeness (QED) is 0.178. The second kappa shape index (κ2) is 12.5. The minimum atomic E-state index is -0.181. The first-order chi connectivity index (χ1) is 27.8. The fraction of sp³-hybridized carbons (Fsp3) is 0.236. The molecule has 0 aliphatic carbocycles.